The Kier molecular flexibility index (Phi) is 3.81. The van der Waals surface area contributed by atoms with Crippen molar-refractivity contribution in [2.24, 2.45) is 0 Å². The predicted octanol–water partition coefficient (Wildman–Crippen LogP) is 2.88. The molecule has 1 saturated carbocycles. The second-order valence-corrected chi connectivity index (χ2v) is 4.79. The van der Waals surface area contributed by atoms with Crippen LogP contribution < -0.4 is 5.32 Å². The average Bonchev–Trinajstić information content (AvgIpc) is 2.76. The first-order chi connectivity index (χ1) is 8.60. The van der Waals surface area contributed by atoms with Crippen molar-refractivity contribution in [3.05, 3.63) is 33.9 Å². The van der Waals surface area contributed by atoms with Gasteiger partial charge in [0.2, 0.25) is 0 Å². The first kappa shape index (κ1) is 12.8. The van der Waals surface area contributed by atoms with E-state index in [1.165, 1.54) is 0 Å². The van der Waals surface area contributed by atoms with Gasteiger partial charge in [0.1, 0.15) is 5.69 Å². The Balaban J connectivity index is 2.13. The SMILES string of the molecule is COC1CCC(Nc2cc(C)ccc2[N+](=O)[O-])C1. The van der Waals surface area contributed by atoms with Crippen LogP contribution in [0.1, 0.15) is 24.8 Å². The van der Waals surface area contributed by atoms with Gasteiger partial charge in [0.25, 0.3) is 5.69 Å². The molecule has 1 aromatic carbocycles. The third-order valence-corrected chi connectivity index (χ3v) is 3.43. The summed E-state index contributed by atoms with van der Waals surface area (Å²) < 4.78 is 5.31. The molecule has 2 unspecified atom stereocenters. The summed E-state index contributed by atoms with van der Waals surface area (Å²) in [6.07, 6.45) is 3.17. The Morgan fingerprint density at radius 1 is 1.44 bits per heavy atom. The van der Waals surface area contributed by atoms with Crippen LogP contribution in [0.4, 0.5) is 11.4 Å². The standard InChI is InChI=1S/C13H18N2O3/c1-9-3-6-13(15(16)17)12(7-9)14-10-4-5-11(8-10)18-2/h3,6-7,10-11,14H,4-5,8H2,1-2H3. The number of benzene rings is 1. The number of hydrogen-bond acceptors (Lipinski definition) is 4. The van der Waals surface area contributed by atoms with Crippen molar-refractivity contribution in [2.75, 3.05) is 12.4 Å². The summed E-state index contributed by atoms with van der Waals surface area (Å²) in [6, 6.07) is 5.41. The van der Waals surface area contributed by atoms with Crippen molar-refractivity contribution in [3.8, 4) is 0 Å². The fourth-order valence-corrected chi connectivity index (χ4v) is 2.43. The molecule has 5 nitrogen and oxygen atoms in total. The third-order valence-electron chi connectivity index (χ3n) is 3.43. The van der Waals surface area contributed by atoms with Crippen LogP contribution in [0.2, 0.25) is 0 Å². The van der Waals surface area contributed by atoms with Crippen LogP contribution >= 0.6 is 0 Å². The van der Waals surface area contributed by atoms with E-state index in [0.29, 0.717) is 5.69 Å². The quantitative estimate of drug-likeness (QED) is 0.659. The predicted molar refractivity (Wildman–Crippen MR) is 69.9 cm³/mol. The van der Waals surface area contributed by atoms with Crippen molar-refractivity contribution < 1.29 is 9.66 Å². The zero-order chi connectivity index (χ0) is 13.1. The summed E-state index contributed by atoms with van der Waals surface area (Å²) in [5.41, 5.74) is 1.77. The van der Waals surface area contributed by atoms with Crippen LogP contribution in [-0.4, -0.2) is 24.2 Å². The van der Waals surface area contributed by atoms with Crippen LogP contribution in [-0.2, 0) is 4.74 Å². The zero-order valence-electron chi connectivity index (χ0n) is 10.7. The van der Waals surface area contributed by atoms with Gasteiger partial charge >= 0.3 is 0 Å². The number of methoxy groups -OCH3 is 1. The highest BCUT2D eigenvalue weighted by atomic mass is 16.6. The summed E-state index contributed by atoms with van der Waals surface area (Å²) in [6.45, 7) is 1.93. The number of hydrogen-bond donors (Lipinski definition) is 1. The van der Waals surface area contributed by atoms with Gasteiger partial charge in [-0.2, -0.15) is 0 Å². The summed E-state index contributed by atoms with van der Waals surface area (Å²) >= 11 is 0. The molecule has 1 aliphatic carbocycles. The van der Waals surface area contributed by atoms with E-state index in [9.17, 15) is 10.1 Å². The number of rotatable bonds is 4. The smallest absolute Gasteiger partial charge is 0.292 e. The molecule has 0 heterocycles. The van der Waals surface area contributed by atoms with E-state index in [-0.39, 0.29) is 22.8 Å². The summed E-state index contributed by atoms with van der Waals surface area (Å²) in [7, 11) is 1.71. The minimum absolute atomic E-state index is 0.140. The number of ether oxygens (including phenoxy) is 1. The highest BCUT2D eigenvalue weighted by Crippen LogP contribution is 2.30. The lowest BCUT2D eigenvalue weighted by Crippen LogP contribution is -2.18. The number of nitro benzene ring substituents is 1. The average molecular weight is 250 g/mol. The molecule has 1 fully saturated rings. The molecule has 0 aromatic heterocycles. The summed E-state index contributed by atoms with van der Waals surface area (Å²) in [5.74, 6) is 0. The molecule has 0 saturated heterocycles. The van der Waals surface area contributed by atoms with Crippen LogP contribution in [0, 0.1) is 17.0 Å². The molecule has 5 heteroatoms. The maximum absolute atomic E-state index is 11.0. The number of nitro groups is 1. The van der Waals surface area contributed by atoms with Crippen molar-refractivity contribution in [1.82, 2.24) is 0 Å². The maximum atomic E-state index is 11.0. The molecule has 1 aliphatic rings. The fraction of sp³-hybridized carbons (Fsp3) is 0.538. The maximum Gasteiger partial charge on any atom is 0.292 e. The third kappa shape index (κ3) is 2.79. The van der Waals surface area contributed by atoms with Gasteiger partial charge in [-0.1, -0.05) is 6.07 Å². The molecular weight excluding hydrogens is 232 g/mol. The first-order valence-electron chi connectivity index (χ1n) is 6.14. The van der Waals surface area contributed by atoms with Crippen molar-refractivity contribution in [2.45, 2.75) is 38.3 Å². The van der Waals surface area contributed by atoms with Gasteiger partial charge in [0.05, 0.1) is 11.0 Å². The van der Waals surface area contributed by atoms with Gasteiger partial charge in [-0.05, 0) is 37.8 Å². The number of aryl methyl sites for hydroxylation is 1. The molecule has 1 N–H and O–H groups in total. The van der Waals surface area contributed by atoms with E-state index in [0.717, 1.165) is 24.8 Å². The molecule has 0 amide bonds. The minimum atomic E-state index is -0.343. The van der Waals surface area contributed by atoms with E-state index >= 15 is 0 Å². The van der Waals surface area contributed by atoms with Crippen molar-refractivity contribution in [1.29, 1.82) is 0 Å². The topological polar surface area (TPSA) is 64.4 Å². The van der Waals surface area contributed by atoms with Gasteiger partial charge in [-0.3, -0.25) is 10.1 Å². The summed E-state index contributed by atoms with van der Waals surface area (Å²) in [4.78, 5) is 10.6. The van der Waals surface area contributed by atoms with Crippen LogP contribution in [0.5, 0.6) is 0 Å². The zero-order valence-corrected chi connectivity index (χ0v) is 10.7. The lowest BCUT2D eigenvalue weighted by atomic mass is 10.1. The Labute approximate surface area is 106 Å². The fourth-order valence-electron chi connectivity index (χ4n) is 2.43. The molecule has 1 aromatic rings. The number of anilines is 1. The van der Waals surface area contributed by atoms with E-state index in [1.807, 2.05) is 13.0 Å². The van der Waals surface area contributed by atoms with Crippen molar-refractivity contribution >= 4 is 11.4 Å². The van der Waals surface area contributed by atoms with E-state index in [4.69, 9.17) is 4.74 Å². The molecule has 0 bridgehead atoms. The lowest BCUT2D eigenvalue weighted by molar-refractivity contribution is -0.384. The highest BCUT2D eigenvalue weighted by molar-refractivity contribution is 5.63. The summed E-state index contributed by atoms with van der Waals surface area (Å²) in [5, 5.41) is 14.2. The lowest BCUT2D eigenvalue weighted by Gasteiger charge is -2.14. The Morgan fingerprint density at radius 2 is 2.22 bits per heavy atom. The molecule has 18 heavy (non-hydrogen) atoms. The van der Waals surface area contributed by atoms with Crippen LogP contribution in [0.15, 0.2) is 18.2 Å². The van der Waals surface area contributed by atoms with Gasteiger partial charge in [-0.15, -0.1) is 0 Å². The Bertz CT molecular complexity index is 448. The van der Waals surface area contributed by atoms with Crippen LogP contribution in [0.25, 0.3) is 0 Å². The normalized spacial score (nSPS) is 23.0. The number of nitrogens with zero attached hydrogens (tertiary/aromatic N) is 1. The van der Waals surface area contributed by atoms with Gasteiger partial charge < -0.3 is 10.1 Å². The second kappa shape index (κ2) is 5.35. The molecular formula is C13H18N2O3. The largest absolute Gasteiger partial charge is 0.381 e. The monoisotopic (exact) mass is 250 g/mol. The van der Waals surface area contributed by atoms with E-state index < -0.39 is 0 Å². The van der Waals surface area contributed by atoms with E-state index in [1.54, 1.807) is 19.2 Å². The second-order valence-electron chi connectivity index (χ2n) is 4.79. The molecule has 0 radical (unpaired) electrons. The Hall–Kier alpha value is -1.62. The molecule has 0 spiro atoms. The van der Waals surface area contributed by atoms with Gasteiger partial charge in [0.15, 0.2) is 0 Å². The van der Waals surface area contributed by atoms with Crippen LogP contribution in [0.3, 0.4) is 0 Å². The van der Waals surface area contributed by atoms with Crippen molar-refractivity contribution in [3.63, 3.8) is 0 Å². The molecule has 0 aliphatic heterocycles. The number of nitrogens with one attached hydrogen (secondary N) is 1. The molecule has 98 valence electrons. The van der Waals surface area contributed by atoms with E-state index in [2.05, 4.69) is 5.32 Å². The Morgan fingerprint density at radius 3 is 2.83 bits per heavy atom. The van der Waals surface area contributed by atoms with Gasteiger partial charge in [-0.25, -0.2) is 0 Å². The first-order valence-corrected chi connectivity index (χ1v) is 6.14. The van der Waals surface area contributed by atoms with Gasteiger partial charge in [0, 0.05) is 19.2 Å². The molecule has 2 atom stereocenters. The highest BCUT2D eigenvalue weighted by Gasteiger charge is 2.26. The minimum Gasteiger partial charge on any atom is -0.381 e. The molecule has 2 rings (SSSR count).